The molecule has 1 aliphatic heterocycles. The molecule has 2 unspecified atom stereocenters. The molecule has 0 spiro atoms. The summed E-state index contributed by atoms with van der Waals surface area (Å²) in [4.78, 5) is 32.1. The summed E-state index contributed by atoms with van der Waals surface area (Å²) in [5.74, 6) is -0.0857. The second-order valence-corrected chi connectivity index (χ2v) is 7.26. The van der Waals surface area contributed by atoms with E-state index < -0.39 is 0 Å². The highest BCUT2D eigenvalue weighted by Crippen LogP contribution is 2.33. The molecule has 25 heavy (non-hydrogen) atoms. The first-order chi connectivity index (χ1) is 12.2. The van der Waals surface area contributed by atoms with Crippen LogP contribution in [0.4, 0.5) is 0 Å². The molecule has 2 atom stereocenters. The predicted octanol–water partition coefficient (Wildman–Crippen LogP) is 2.69. The Kier molecular flexibility index (Phi) is 6.05. The van der Waals surface area contributed by atoms with Crippen molar-refractivity contribution in [3.8, 4) is 0 Å². The van der Waals surface area contributed by atoms with Gasteiger partial charge in [-0.15, -0.1) is 0 Å². The third kappa shape index (κ3) is 4.20. The summed E-state index contributed by atoms with van der Waals surface area (Å²) in [6.07, 6.45) is 8.43. The normalized spacial score (nSPS) is 23.0. The molecule has 2 aliphatic rings. The molecule has 3 rings (SSSR count). The van der Waals surface area contributed by atoms with Gasteiger partial charge in [0.1, 0.15) is 0 Å². The first-order valence-corrected chi connectivity index (χ1v) is 9.70. The lowest BCUT2D eigenvalue weighted by Crippen LogP contribution is -2.47. The first kappa shape index (κ1) is 17.9. The first-order valence-electron chi connectivity index (χ1n) is 9.70. The van der Waals surface area contributed by atoms with Gasteiger partial charge in [-0.1, -0.05) is 32.3 Å². The minimum Gasteiger partial charge on any atom is -0.356 e. The Morgan fingerprint density at radius 2 is 2.08 bits per heavy atom. The van der Waals surface area contributed by atoms with E-state index in [1.54, 1.807) is 0 Å². The van der Waals surface area contributed by atoms with Gasteiger partial charge < -0.3 is 10.2 Å². The molecule has 0 radical (unpaired) electrons. The molecule has 1 fully saturated rings. The third-order valence-corrected chi connectivity index (χ3v) is 5.53. The van der Waals surface area contributed by atoms with Crippen molar-refractivity contribution in [1.82, 2.24) is 15.2 Å². The zero-order chi connectivity index (χ0) is 17.6. The molecule has 1 N–H and O–H groups in total. The van der Waals surface area contributed by atoms with E-state index in [0.29, 0.717) is 13.1 Å². The van der Waals surface area contributed by atoms with Crippen molar-refractivity contribution >= 4 is 11.8 Å². The molecular formula is C20H29N3O2. The number of fused-ring (bicyclic) bond motifs is 1. The number of amides is 2. The van der Waals surface area contributed by atoms with Crippen molar-refractivity contribution in [2.24, 2.45) is 11.8 Å². The van der Waals surface area contributed by atoms with Crippen LogP contribution in [0.3, 0.4) is 0 Å². The maximum atomic E-state index is 13.1. The van der Waals surface area contributed by atoms with E-state index in [4.69, 9.17) is 0 Å². The van der Waals surface area contributed by atoms with E-state index in [9.17, 15) is 9.59 Å². The van der Waals surface area contributed by atoms with E-state index in [0.717, 1.165) is 62.7 Å². The molecule has 1 aliphatic carbocycles. The average molecular weight is 343 g/mol. The SMILES string of the molecule is CCCCNC(=O)C1CCCCC1C(=O)N1CCc2ncccc2C1. The number of pyridine rings is 1. The van der Waals surface area contributed by atoms with Gasteiger partial charge in [0.2, 0.25) is 11.8 Å². The monoisotopic (exact) mass is 343 g/mol. The Hall–Kier alpha value is -1.91. The van der Waals surface area contributed by atoms with Crippen LogP contribution in [0, 0.1) is 11.8 Å². The number of nitrogens with one attached hydrogen (secondary N) is 1. The van der Waals surface area contributed by atoms with Gasteiger partial charge in [0, 0.05) is 49.8 Å². The summed E-state index contributed by atoms with van der Waals surface area (Å²) in [5.41, 5.74) is 2.24. The Balaban J connectivity index is 1.66. The molecule has 0 saturated heterocycles. The lowest BCUT2D eigenvalue weighted by Gasteiger charge is -2.36. The minimum absolute atomic E-state index is 0.0746. The second-order valence-electron chi connectivity index (χ2n) is 7.26. The summed E-state index contributed by atoms with van der Waals surface area (Å²) >= 11 is 0. The number of hydrogen-bond donors (Lipinski definition) is 1. The standard InChI is InChI=1S/C20H29N3O2/c1-2-3-11-22-19(24)16-8-4-5-9-17(16)20(25)23-13-10-18-15(14-23)7-6-12-21-18/h6-7,12,16-17H,2-5,8-11,13-14H2,1H3,(H,22,24). The van der Waals surface area contributed by atoms with Gasteiger partial charge in [-0.25, -0.2) is 0 Å². The van der Waals surface area contributed by atoms with Crippen LogP contribution < -0.4 is 5.32 Å². The van der Waals surface area contributed by atoms with Gasteiger partial charge in [-0.2, -0.15) is 0 Å². The summed E-state index contributed by atoms with van der Waals surface area (Å²) in [7, 11) is 0. The molecule has 5 heteroatoms. The van der Waals surface area contributed by atoms with Crippen LogP contribution in [0.15, 0.2) is 18.3 Å². The smallest absolute Gasteiger partial charge is 0.226 e. The van der Waals surface area contributed by atoms with Gasteiger partial charge >= 0.3 is 0 Å². The fourth-order valence-electron chi connectivity index (χ4n) is 4.05. The number of aromatic nitrogens is 1. The van der Waals surface area contributed by atoms with Gasteiger partial charge in [0.15, 0.2) is 0 Å². The highest BCUT2D eigenvalue weighted by Gasteiger charge is 2.38. The van der Waals surface area contributed by atoms with E-state index in [2.05, 4.69) is 23.3 Å². The second kappa shape index (κ2) is 8.45. The molecular weight excluding hydrogens is 314 g/mol. The zero-order valence-corrected chi connectivity index (χ0v) is 15.2. The fraction of sp³-hybridized carbons (Fsp3) is 0.650. The number of nitrogens with zero attached hydrogens (tertiary/aromatic N) is 2. The van der Waals surface area contributed by atoms with Gasteiger partial charge in [-0.05, 0) is 30.9 Å². The van der Waals surface area contributed by atoms with Crippen LogP contribution in [-0.2, 0) is 22.6 Å². The van der Waals surface area contributed by atoms with E-state index >= 15 is 0 Å². The Labute approximate surface area is 150 Å². The van der Waals surface area contributed by atoms with Crippen molar-refractivity contribution in [2.45, 2.75) is 58.4 Å². The number of carbonyl (C=O) groups excluding carboxylic acids is 2. The van der Waals surface area contributed by atoms with Crippen molar-refractivity contribution in [2.75, 3.05) is 13.1 Å². The lowest BCUT2D eigenvalue weighted by molar-refractivity contribution is -0.144. The number of hydrogen-bond acceptors (Lipinski definition) is 3. The molecule has 136 valence electrons. The average Bonchev–Trinajstić information content (AvgIpc) is 2.67. The molecule has 1 aromatic rings. The predicted molar refractivity (Wildman–Crippen MR) is 96.7 cm³/mol. The lowest BCUT2D eigenvalue weighted by atomic mass is 9.77. The van der Waals surface area contributed by atoms with Crippen molar-refractivity contribution in [1.29, 1.82) is 0 Å². The quantitative estimate of drug-likeness (QED) is 0.836. The summed E-state index contributed by atoms with van der Waals surface area (Å²) in [6, 6.07) is 3.98. The molecule has 2 heterocycles. The molecule has 1 aromatic heterocycles. The zero-order valence-electron chi connectivity index (χ0n) is 15.2. The van der Waals surface area contributed by atoms with E-state index in [-0.39, 0.29) is 23.7 Å². The van der Waals surface area contributed by atoms with Gasteiger partial charge in [0.05, 0.1) is 0 Å². The summed E-state index contributed by atoms with van der Waals surface area (Å²) < 4.78 is 0. The van der Waals surface area contributed by atoms with Crippen LogP contribution in [0.5, 0.6) is 0 Å². The van der Waals surface area contributed by atoms with Gasteiger partial charge in [0.25, 0.3) is 0 Å². The Bertz CT molecular complexity index is 617. The molecule has 5 nitrogen and oxygen atoms in total. The van der Waals surface area contributed by atoms with Crippen LogP contribution in [0.1, 0.15) is 56.7 Å². The number of unbranched alkanes of at least 4 members (excludes halogenated alkanes) is 1. The van der Waals surface area contributed by atoms with Crippen LogP contribution in [-0.4, -0.2) is 34.8 Å². The highest BCUT2D eigenvalue weighted by atomic mass is 16.2. The van der Waals surface area contributed by atoms with Crippen LogP contribution in [0.2, 0.25) is 0 Å². The van der Waals surface area contributed by atoms with Crippen molar-refractivity contribution in [3.63, 3.8) is 0 Å². The van der Waals surface area contributed by atoms with Crippen molar-refractivity contribution in [3.05, 3.63) is 29.6 Å². The third-order valence-electron chi connectivity index (χ3n) is 5.53. The number of rotatable bonds is 5. The maximum absolute atomic E-state index is 13.1. The number of carbonyl (C=O) groups is 2. The molecule has 1 saturated carbocycles. The van der Waals surface area contributed by atoms with E-state index in [1.807, 2.05) is 17.2 Å². The van der Waals surface area contributed by atoms with E-state index in [1.165, 1.54) is 0 Å². The Morgan fingerprint density at radius 1 is 1.28 bits per heavy atom. The largest absolute Gasteiger partial charge is 0.356 e. The fourth-order valence-corrected chi connectivity index (χ4v) is 4.05. The molecule has 2 amide bonds. The van der Waals surface area contributed by atoms with Crippen molar-refractivity contribution < 1.29 is 9.59 Å². The van der Waals surface area contributed by atoms with Crippen LogP contribution in [0.25, 0.3) is 0 Å². The minimum atomic E-state index is -0.159. The maximum Gasteiger partial charge on any atom is 0.226 e. The summed E-state index contributed by atoms with van der Waals surface area (Å²) in [6.45, 7) is 4.17. The topological polar surface area (TPSA) is 62.3 Å². The highest BCUT2D eigenvalue weighted by molar-refractivity contribution is 5.88. The van der Waals surface area contributed by atoms with Gasteiger partial charge in [-0.3, -0.25) is 14.6 Å². The molecule has 0 bridgehead atoms. The summed E-state index contributed by atoms with van der Waals surface area (Å²) in [5, 5.41) is 3.04. The Morgan fingerprint density at radius 3 is 2.88 bits per heavy atom. The van der Waals surface area contributed by atoms with Crippen LogP contribution >= 0.6 is 0 Å². The molecule has 0 aromatic carbocycles.